The second-order valence-electron chi connectivity index (χ2n) is 13.3. The molecule has 7 rings (SSSR count). The first kappa shape index (κ1) is 39.4. The number of anilines is 2. The molecule has 1 heterocycles. The van der Waals surface area contributed by atoms with Crippen molar-refractivity contribution >= 4 is 46.1 Å². The molecule has 1 aliphatic heterocycles. The van der Waals surface area contributed by atoms with Gasteiger partial charge in [-0.2, -0.15) is 6.67 Å². The average Bonchev–Trinajstić information content (AvgIpc) is 3.61. The van der Waals surface area contributed by atoms with Crippen molar-refractivity contribution in [2.45, 2.75) is 48.5 Å². The predicted octanol–water partition coefficient (Wildman–Crippen LogP) is 11.5. The number of halogens is 1. The second-order valence-corrected chi connectivity index (χ2v) is 16.4. The molecule has 0 amide bonds. The number of nitrogens with zero attached hydrogens (tertiary/aromatic N) is 2. The molecule has 6 aromatic carbocycles. The van der Waals surface area contributed by atoms with Crippen molar-refractivity contribution in [1.29, 1.82) is 0 Å². The molecule has 0 bridgehead atoms. The van der Waals surface area contributed by atoms with Gasteiger partial charge in [-0.15, -0.1) is 0 Å². The van der Waals surface area contributed by atoms with E-state index in [-0.39, 0.29) is 15.7 Å². The zero-order valence-corrected chi connectivity index (χ0v) is 35.4. The minimum atomic E-state index is 0.0867. The van der Waals surface area contributed by atoms with Gasteiger partial charge in [0, 0.05) is 24.5 Å². The molecular weight excluding hydrogens is 808 g/mol. The predicted molar refractivity (Wildman–Crippen MR) is 226 cm³/mol. The van der Waals surface area contributed by atoms with Crippen LogP contribution in [0.15, 0.2) is 127 Å². The van der Waals surface area contributed by atoms with E-state index in [9.17, 15) is 0 Å². The molecule has 0 atom stereocenters. The van der Waals surface area contributed by atoms with Crippen molar-refractivity contribution in [3.05, 3.63) is 167 Å². The van der Waals surface area contributed by atoms with E-state index in [1.165, 1.54) is 82.6 Å². The van der Waals surface area contributed by atoms with E-state index in [2.05, 4.69) is 201 Å². The van der Waals surface area contributed by atoms with E-state index in [1.54, 1.807) is 0 Å². The summed E-state index contributed by atoms with van der Waals surface area (Å²) in [7, 11) is 5.22. The molecule has 0 saturated carbocycles. The van der Waals surface area contributed by atoms with Gasteiger partial charge in [-0.05, 0) is 63.8 Å². The van der Waals surface area contributed by atoms with Crippen molar-refractivity contribution in [2.24, 2.45) is 0 Å². The monoisotopic (exact) mass is 857 g/mol. The SMILES string of the molecule is C[CH]=[Ru][Cl].Cc1cc(C)c(N2[CH-]N(c3c(C)cc(C)cc3C)CC2)c(C)c1.[Se]c1c(-c2ccccc2)cc(-c2ccccc2)cc1-c1ccccc1. The number of benzene rings is 6. The average molecular weight is 856 g/mol. The molecule has 0 N–H and O–H groups in total. The fourth-order valence-corrected chi connectivity index (χ4v) is 7.92. The van der Waals surface area contributed by atoms with Crippen LogP contribution >= 0.6 is 9.69 Å². The van der Waals surface area contributed by atoms with Crippen molar-refractivity contribution in [3.8, 4) is 33.4 Å². The Bertz CT molecular complexity index is 1940. The summed E-state index contributed by atoms with van der Waals surface area (Å²) in [6, 6.07) is 45.4. The Kier molecular flexibility index (Phi) is 14.3. The minimum absolute atomic E-state index is 0.0867. The van der Waals surface area contributed by atoms with Crippen LogP contribution in [0.2, 0.25) is 0 Å². The number of hydrogen-bond acceptors (Lipinski definition) is 2. The van der Waals surface area contributed by atoms with Crippen LogP contribution in [-0.4, -0.2) is 33.7 Å². The molecule has 1 saturated heterocycles. The fourth-order valence-electron chi connectivity index (χ4n) is 7.18. The van der Waals surface area contributed by atoms with Crippen LogP contribution in [0.4, 0.5) is 11.4 Å². The van der Waals surface area contributed by atoms with Crippen molar-refractivity contribution in [3.63, 3.8) is 0 Å². The molecule has 6 aromatic rings. The summed E-state index contributed by atoms with van der Waals surface area (Å²) in [5.74, 6) is 0. The van der Waals surface area contributed by atoms with E-state index in [0.29, 0.717) is 0 Å². The van der Waals surface area contributed by atoms with Crippen LogP contribution in [0, 0.1) is 48.2 Å². The fraction of sp³-hybridized carbons (Fsp3) is 0.191. The Labute approximate surface area is 331 Å². The van der Waals surface area contributed by atoms with Crippen LogP contribution < -0.4 is 14.3 Å². The summed E-state index contributed by atoms with van der Waals surface area (Å²) >= 11 is 3.40. The van der Waals surface area contributed by atoms with Crippen LogP contribution in [0.25, 0.3) is 33.4 Å². The topological polar surface area (TPSA) is 6.48 Å². The Morgan fingerprint density at radius 2 is 0.865 bits per heavy atom. The van der Waals surface area contributed by atoms with Gasteiger partial charge < -0.3 is 9.80 Å². The molecule has 1 fully saturated rings. The molecule has 0 spiro atoms. The zero-order valence-electron chi connectivity index (χ0n) is 31.2. The van der Waals surface area contributed by atoms with Crippen molar-refractivity contribution in [2.75, 3.05) is 22.9 Å². The van der Waals surface area contributed by atoms with Gasteiger partial charge in [-0.1, -0.05) is 35.4 Å². The first-order chi connectivity index (χ1) is 25.1. The first-order valence-electron chi connectivity index (χ1n) is 17.7. The molecule has 268 valence electrons. The molecular formula is C47H48ClN2RuSe-. The van der Waals surface area contributed by atoms with Gasteiger partial charge in [-0.25, -0.2) is 0 Å². The van der Waals surface area contributed by atoms with Crippen molar-refractivity contribution in [1.82, 2.24) is 0 Å². The van der Waals surface area contributed by atoms with Gasteiger partial charge in [-0.3, -0.25) is 0 Å². The Morgan fingerprint density at radius 1 is 0.538 bits per heavy atom. The number of rotatable bonds is 5. The second kappa shape index (κ2) is 18.8. The molecule has 5 heteroatoms. The normalized spacial score (nSPS) is 12.5. The molecule has 1 radical (unpaired) electrons. The maximum atomic E-state index is 5.22. The summed E-state index contributed by atoms with van der Waals surface area (Å²) in [5, 5.41) is 0. The van der Waals surface area contributed by atoms with Gasteiger partial charge in [0.05, 0.1) is 0 Å². The van der Waals surface area contributed by atoms with Crippen molar-refractivity contribution < 1.29 is 15.7 Å². The summed E-state index contributed by atoms with van der Waals surface area (Å²) in [5.41, 5.74) is 18.2. The van der Waals surface area contributed by atoms with Crippen LogP contribution in [0.1, 0.15) is 40.3 Å². The van der Waals surface area contributed by atoms with Crippen LogP contribution in [0.5, 0.6) is 0 Å². The third kappa shape index (κ3) is 9.80. The molecule has 2 nitrogen and oxygen atoms in total. The maximum absolute atomic E-state index is 5.22. The number of hydrogen-bond donors (Lipinski definition) is 0. The van der Waals surface area contributed by atoms with E-state index in [1.807, 2.05) is 11.5 Å². The summed E-state index contributed by atoms with van der Waals surface area (Å²) in [6.07, 6.45) is 0. The van der Waals surface area contributed by atoms with Crippen LogP contribution in [0.3, 0.4) is 0 Å². The zero-order chi connectivity index (χ0) is 37.2. The van der Waals surface area contributed by atoms with E-state index >= 15 is 0 Å². The standard InChI is InChI=1S/C24H17Se.C21H27N2.C2H4.ClH.Ru/c25-24-22(19-12-6-2-7-13-19)16-21(18-10-4-1-5-11-18)17-23(24)20-14-8-3-9-15-20;1-14-9-16(3)20(17(4)10-14)22-7-8-23(13-22)21-18(5)11-15(2)12-19(21)6;1-2;;/h1-17H;9-13H,7-8H2,1-6H3;1H,2H3;1H;/q;-1;;;+1/p-1. The summed E-state index contributed by atoms with van der Waals surface area (Å²) in [4.78, 5) is 4.81. The summed E-state index contributed by atoms with van der Waals surface area (Å²) < 4.78 is 3.17. The Hall–Kier alpha value is -3.78. The first-order valence-corrected chi connectivity index (χ1v) is 21.8. The van der Waals surface area contributed by atoms with Gasteiger partial charge in [0.2, 0.25) is 0 Å². The summed E-state index contributed by atoms with van der Waals surface area (Å²) in [6.45, 7) is 19.5. The van der Waals surface area contributed by atoms with Gasteiger partial charge >= 0.3 is 194 Å². The van der Waals surface area contributed by atoms with E-state index < -0.39 is 0 Å². The quantitative estimate of drug-likeness (QED) is 0.126. The van der Waals surface area contributed by atoms with Gasteiger partial charge in [0.15, 0.2) is 0 Å². The third-order valence-electron chi connectivity index (χ3n) is 9.15. The van der Waals surface area contributed by atoms with Gasteiger partial charge in [0.25, 0.3) is 0 Å². The molecule has 1 aliphatic rings. The molecule has 0 aliphatic carbocycles. The Balaban J connectivity index is 0.000000183. The van der Waals surface area contributed by atoms with E-state index in [0.717, 1.165) is 13.1 Å². The van der Waals surface area contributed by atoms with E-state index in [4.69, 9.17) is 9.69 Å². The third-order valence-corrected chi connectivity index (χ3v) is 11.4. The molecule has 52 heavy (non-hydrogen) atoms. The van der Waals surface area contributed by atoms with Gasteiger partial charge in [0.1, 0.15) is 0 Å². The number of aryl methyl sites for hydroxylation is 6. The molecule has 0 aromatic heterocycles. The van der Waals surface area contributed by atoms with Crippen LogP contribution in [-0.2, 0) is 15.7 Å². The molecule has 0 unspecified atom stereocenters. The Morgan fingerprint density at radius 3 is 1.19 bits per heavy atom.